The number of benzene rings is 2. The summed E-state index contributed by atoms with van der Waals surface area (Å²) in [5.41, 5.74) is 2.49. The topological polar surface area (TPSA) is 50.7 Å². The number of hydrogen-bond acceptors (Lipinski definition) is 4. The van der Waals surface area contributed by atoms with E-state index in [0.29, 0.717) is 18.0 Å². The summed E-state index contributed by atoms with van der Waals surface area (Å²) in [6.07, 6.45) is 0.373. The third-order valence-corrected chi connectivity index (χ3v) is 3.99. The smallest absolute Gasteiger partial charge is 0.161 e. The number of aryl methyl sites for hydroxylation is 1. The van der Waals surface area contributed by atoms with Crippen molar-refractivity contribution in [3.8, 4) is 11.5 Å². The molecule has 2 aromatic carbocycles. The molecule has 0 saturated carbocycles. The molecule has 0 aliphatic rings. The number of ether oxygens (including phenoxy) is 2. The summed E-state index contributed by atoms with van der Waals surface area (Å²) in [6, 6.07) is 16.2. The van der Waals surface area contributed by atoms with Crippen LogP contribution in [0, 0.1) is 6.92 Å². The fraction of sp³-hybridized carbons (Fsp3) is 0.400. The van der Waals surface area contributed by atoms with Crippen molar-refractivity contribution in [1.29, 1.82) is 0 Å². The van der Waals surface area contributed by atoms with Crippen LogP contribution in [0.5, 0.6) is 11.5 Å². The average molecular weight is 329 g/mol. The van der Waals surface area contributed by atoms with Gasteiger partial charge in [0.1, 0.15) is 12.7 Å². The van der Waals surface area contributed by atoms with Crippen molar-refractivity contribution in [2.75, 3.05) is 20.3 Å². The van der Waals surface area contributed by atoms with Gasteiger partial charge in [-0.05, 0) is 31.0 Å². The second-order valence-electron chi connectivity index (χ2n) is 5.90. The Labute approximate surface area is 144 Å². The Morgan fingerprint density at radius 2 is 1.71 bits per heavy atom. The van der Waals surface area contributed by atoms with E-state index >= 15 is 0 Å². The van der Waals surface area contributed by atoms with E-state index in [1.165, 1.54) is 11.1 Å². The minimum absolute atomic E-state index is 0.220. The third kappa shape index (κ3) is 5.25. The summed E-state index contributed by atoms with van der Waals surface area (Å²) in [5.74, 6) is 1.31. The Balaban J connectivity index is 1.83. The largest absolute Gasteiger partial charge is 0.493 e. The number of aliphatic hydroxyl groups excluding tert-OH is 1. The van der Waals surface area contributed by atoms with Crippen LogP contribution in [-0.4, -0.2) is 31.5 Å². The standard InChI is InChI=1S/C20H27NO3/c1-4-18(16-11-9-15(2)10-12-16)21-13-17(22)14-24-20-8-6-5-7-19(20)23-3/h5-12,17-18,21-22H,4,13-14H2,1-3H3. The highest BCUT2D eigenvalue weighted by Gasteiger charge is 2.13. The van der Waals surface area contributed by atoms with Crippen molar-refractivity contribution < 1.29 is 14.6 Å². The highest BCUT2D eigenvalue weighted by molar-refractivity contribution is 5.39. The van der Waals surface area contributed by atoms with Gasteiger partial charge in [0.15, 0.2) is 11.5 Å². The number of aliphatic hydroxyl groups is 1. The molecule has 0 aliphatic heterocycles. The second-order valence-corrected chi connectivity index (χ2v) is 5.90. The SMILES string of the molecule is CCC(NCC(O)COc1ccccc1OC)c1ccc(C)cc1. The summed E-state index contributed by atoms with van der Waals surface area (Å²) in [6.45, 7) is 4.91. The van der Waals surface area contributed by atoms with Gasteiger partial charge in [0.25, 0.3) is 0 Å². The number of rotatable bonds is 9. The number of hydrogen-bond donors (Lipinski definition) is 2. The molecule has 130 valence electrons. The first-order valence-electron chi connectivity index (χ1n) is 8.37. The molecule has 2 atom stereocenters. The van der Waals surface area contributed by atoms with Gasteiger partial charge in [-0.25, -0.2) is 0 Å². The summed E-state index contributed by atoms with van der Waals surface area (Å²) in [7, 11) is 1.60. The van der Waals surface area contributed by atoms with E-state index < -0.39 is 6.10 Å². The molecule has 0 fully saturated rings. The van der Waals surface area contributed by atoms with Gasteiger partial charge in [0.05, 0.1) is 7.11 Å². The van der Waals surface area contributed by atoms with E-state index in [2.05, 4.69) is 43.4 Å². The van der Waals surface area contributed by atoms with Gasteiger partial charge in [0, 0.05) is 12.6 Å². The van der Waals surface area contributed by atoms with Crippen molar-refractivity contribution in [3.63, 3.8) is 0 Å². The molecule has 2 unspecified atom stereocenters. The first-order chi connectivity index (χ1) is 11.6. The molecule has 0 heterocycles. The lowest BCUT2D eigenvalue weighted by Gasteiger charge is -2.20. The van der Waals surface area contributed by atoms with Crippen LogP contribution in [0.3, 0.4) is 0 Å². The maximum absolute atomic E-state index is 10.2. The maximum Gasteiger partial charge on any atom is 0.161 e. The summed E-state index contributed by atoms with van der Waals surface area (Å²) in [4.78, 5) is 0. The van der Waals surface area contributed by atoms with Crippen LogP contribution < -0.4 is 14.8 Å². The fourth-order valence-electron chi connectivity index (χ4n) is 2.56. The van der Waals surface area contributed by atoms with Crippen LogP contribution in [-0.2, 0) is 0 Å². The summed E-state index contributed by atoms with van der Waals surface area (Å²) >= 11 is 0. The first-order valence-corrected chi connectivity index (χ1v) is 8.37. The Morgan fingerprint density at radius 1 is 1.04 bits per heavy atom. The molecule has 2 N–H and O–H groups in total. The van der Waals surface area contributed by atoms with Gasteiger partial charge >= 0.3 is 0 Å². The Morgan fingerprint density at radius 3 is 2.33 bits per heavy atom. The van der Waals surface area contributed by atoms with Crippen molar-refractivity contribution in [3.05, 3.63) is 59.7 Å². The highest BCUT2D eigenvalue weighted by atomic mass is 16.5. The Hall–Kier alpha value is -2.04. The quantitative estimate of drug-likeness (QED) is 0.739. The average Bonchev–Trinajstić information content (AvgIpc) is 2.62. The molecule has 0 amide bonds. The molecule has 2 aromatic rings. The van der Waals surface area contributed by atoms with Gasteiger partial charge in [-0.3, -0.25) is 0 Å². The van der Waals surface area contributed by atoms with Crippen LogP contribution in [0.25, 0.3) is 0 Å². The second kappa shape index (κ2) is 9.30. The molecule has 24 heavy (non-hydrogen) atoms. The predicted octanol–water partition coefficient (Wildman–Crippen LogP) is 3.48. The van der Waals surface area contributed by atoms with E-state index in [4.69, 9.17) is 9.47 Å². The third-order valence-electron chi connectivity index (χ3n) is 3.99. The van der Waals surface area contributed by atoms with Gasteiger partial charge < -0.3 is 19.9 Å². The van der Waals surface area contributed by atoms with Gasteiger partial charge in [0.2, 0.25) is 0 Å². The van der Waals surface area contributed by atoms with Crippen LogP contribution in [0.4, 0.5) is 0 Å². The summed E-state index contributed by atoms with van der Waals surface area (Å²) < 4.78 is 10.9. The van der Waals surface area contributed by atoms with Crippen molar-refractivity contribution in [2.24, 2.45) is 0 Å². The molecule has 4 heteroatoms. The highest BCUT2D eigenvalue weighted by Crippen LogP contribution is 2.25. The lowest BCUT2D eigenvalue weighted by Crippen LogP contribution is -2.33. The van der Waals surface area contributed by atoms with E-state index in [1.807, 2.05) is 24.3 Å². The number of methoxy groups -OCH3 is 1. The minimum Gasteiger partial charge on any atom is -0.493 e. The van der Waals surface area contributed by atoms with Crippen LogP contribution in [0.2, 0.25) is 0 Å². The Bertz CT molecular complexity index is 613. The monoisotopic (exact) mass is 329 g/mol. The van der Waals surface area contributed by atoms with Crippen molar-refractivity contribution in [1.82, 2.24) is 5.32 Å². The molecule has 0 aliphatic carbocycles. The lowest BCUT2D eigenvalue weighted by atomic mass is 10.0. The molecule has 0 spiro atoms. The molecule has 2 rings (SSSR count). The molecule has 4 nitrogen and oxygen atoms in total. The van der Waals surface area contributed by atoms with Crippen LogP contribution in [0.15, 0.2) is 48.5 Å². The van der Waals surface area contributed by atoms with E-state index in [-0.39, 0.29) is 12.6 Å². The maximum atomic E-state index is 10.2. The Kier molecular flexibility index (Phi) is 7.09. The molecule has 0 radical (unpaired) electrons. The predicted molar refractivity (Wildman–Crippen MR) is 96.7 cm³/mol. The molecular formula is C20H27NO3. The molecule has 0 bridgehead atoms. The molecule has 0 aromatic heterocycles. The van der Waals surface area contributed by atoms with Gasteiger partial charge in [-0.15, -0.1) is 0 Å². The van der Waals surface area contributed by atoms with Crippen molar-refractivity contribution >= 4 is 0 Å². The minimum atomic E-state index is -0.589. The zero-order valence-electron chi connectivity index (χ0n) is 14.7. The first kappa shape index (κ1) is 18.3. The normalized spacial score (nSPS) is 13.3. The van der Waals surface area contributed by atoms with Crippen LogP contribution >= 0.6 is 0 Å². The van der Waals surface area contributed by atoms with Crippen LogP contribution in [0.1, 0.15) is 30.5 Å². The van der Waals surface area contributed by atoms with Crippen molar-refractivity contribution in [2.45, 2.75) is 32.4 Å². The number of para-hydroxylation sites is 2. The number of nitrogens with one attached hydrogen (secondary N) is 1. The lowest BCUT2D eigenvalue weighted by molar-refractivity contribution is 0.102. The van der Waals surface area contributed by atoms with E-state index in [9.17, 15) is 5.11 Å². The molecule has 0 saturated heterocycles. The zero-order chi connectivity index (χ0) is 17.4. The zero-order valence-corrected chi connectivity index (χ0v) is 14.7. The summed E-state index contributed by atoms with van der Waals surface area (Å²) in [5, 5.41) is 13.6. The fourth-order valence-corrected chi connectivity index (χ4v) is 2.56. The van der Waals surface area contributed by atoms with Gasteiger partial charge in [-0.2, -0.15) is 0 Å². The molecular weight excluding hydrogens is 302 g/mol. The van der Waals surface area contributed by atoms with E-state index in [1.54, 1.807) is 7.11 Å². The van der Waals surface area contributed by atoms with Gasteiger partial charge in [-0.1, -0.05) is 48.9 Å². The van der Waals surface area contributed by atoms with E-state index in [0.717, 1.165) is 6.42 Å².